The third-order valence-electron chi connectivity index (χ3n) is 4.39. The number of carbonyl (C=O) groups is 1. The molecule has 1 amide bonds. The van der Waals surface area contributed by atoms with E-state index in [4.69, 9.17) is 4.74 Å². The summed E-state index contributed by atoms with van der Waals surface area (Å²) in [5, 5.41) is 12.3. The number of rotatable bonds is 9. The van der Waals surface area contributed by atoms with E-state index < -0.39 is 0 Å². The Morgan fingerprint density at radius 3 is 2.66 bits per heavy atom. The highest BCUT2D eigenvalue weighted by Crippen LogP contribution is 2.30. The smallest absolute Gasteiger partial charge is 0.230 e. The molecule has 1 N–H and O–H groups in total. The third kappa shape index (κ3) is 5.06. The van der Waals surface area contributed by atoms with Crippen molar-refractivity contribution in [3.05, 3.63) is 72.8 Å². The molecule has 2 aromatic carbocycles. The number of para-hydroxylation sites is 1. The molecule has 0 bridgehead atoms. The van der Waals surface area contributed by atoms with Crippen LogP contribution in [0.1, 0.15) is 18.5 Å². The van der Waals surface area contributed by atoms with Gasteiger partial charge in [0.1, 0.15) is 5.75 Å². The Balaban J connectivity index is 1.72. The topological polar surface area (TPSA) is 69.0 Å². The summed E-state index contributed by atoms with van der Waals surface area (Å²) in [5.41, 5.74) is 1.91. The molecule has 6 nitrogen and oxygen atoms in total. The Hall–Kier alpha value is -3.06. The molecule has 7 heteroatoms. The molecule has 0 aliphatic rings. The number of amides is 1. The minimum absolute atomic E-state index is 0.0560. The van der Waals surface area contributed by atoms with Crippen LogP contribution in [-0.4, -0.2) is 33.5 Å². The van der Waals surface area contributed by atoms with Crippen molar-refractivity contribution in [3.63, 3.8) is 0 Å². The Kier molecular flexibility index (Phi) is 7.08. The molecule has 0 aliphatic heterocycles. The number of hydrogen-bond donors (Lipinski definition) is 1. The molecule has 1 atom stereocenters. The fourth-order valence-corrected chi connectivity index (χ4v) is 3.71. The van der Waals surface area contributed by atoms with E-state index in [0.29, 0.717) is 17.5 Å². The molecular weight excluding hydrogens is 384 g/mol. The largest absolute Gasteiger partial charge is 0.496 e. The standard InChI is InChI=1S/C22H24N4O2S/c1-4-14-26-21(18-12-8-9-13-19(18)28-3)24-25-22(26)29-15-20(27)23-16(2)17-10-6-5-7-11-17/h4-13,16H,1,14-15H2,2-3H3,(H,23,27)/t16-/m1/s1. The predicted molar refractivity (Wildman–Crippen MR) is 116 cm³/mol. The molecule has 0 spiro atoms. The zero-order valence-corrected chi connectivity index (χ0v) is 17.4. The SMILES string of the molecule is C=CCn1c(SCC(=O)N[C@H](C)c2ccccc2)nnc1-c1ccccc1OC. The Morgan fingerprint density at radius 2 is 1.93 bits per heavy atom. The highest BCUT2D eigenvalue weighted by atomic mass is 32.2. The molecule has 1 heterocycles. The summed E-state index contributed by atoms with van der Waals surface area (Å²) in [6.45, 7) is 6.33. The van der Waals surface area contributed by atoms with Crippen LogP contribution in [0.5, 0.6) is 5.75 Å². The second-order valence-electron chi connectivity index (χ2n) is 6.39. The lowest BCUT2D eigenvalue weighted by molar-refractivity contribution is -0.119. The number of ether oxygens (including phenoxy) is 1. The summed E-state index contributed by atoms with van der Waals surface area (Å²) >= 11 is 1.35. The lowest BCUT2D eigenvalue weighted by Gasteiger charge is -2.14. The molecular formula is C22H24N4O2S. The Labute approximate surface area is 175 Å². The van der Waals surface area contributed by atoms with Crippen molar-refractivity contribution in [2.75, 3.05) is 12.9 Å². The lowest BCUT2D eigenvalue weighted by Crippen LogP contribution is -2.28. The summed E-state index contributed by atoms with van der Waals surface area (Å²) in [4.78, 5) is 12.4. The van der Waals surface area contributed by atoms with Gasteiger partial charge in [-0.3, -0.25) is 9.36 Å². The van der Waals surface area contributed by atoms with E-state index in [1.807, 2.05) is 66.1 Å². The van der Waals surface area contributed by atoms with Crippen molar-refractivity contribution in [3.8, 4) is 17.1 Å². The van der Waals surface area contributed by atoms with E-state index in [2.05, 4.69) is 22.1 Å². The van der Waals surface area contributed by atoms with Crippen LogP contribution in [0.25, 0.3) is 11.4 Å². The fraction of sp³-hybridized carbons (Fsp3) is 0.227. The first-order valence-electron chi connectivity index (χ1n) is 9.28. The van der Waals surface area contributed by atoms with E-state index in [0.717, 1.165) is 16.9 Å². The van der Waals surface area contributed by atoms with Gasteiger partial charge in [-0.2, -0.15) is 0 Å². The van der Waals surface area contributed by atoms with Crippen LogP contribution in [0.15, 0.2) is 72.4 Å². The average molecular weight is 409 g/mol. The summed E-state index contributed by atoms with van der Waals surface area (Å²) < 4.78 is 7.38. The van der Waals surface area contributed by atoms with Gasteiger partial charge in [0, 0.05) is 6.54 Å². The van der Waals surface area contributed by atoms with Crippen LogP contribution in [-0.2, 0) is 11.3 Å². The summed E-state index contributed by atoms with van der Waals surface area (Å²) in [7, 11) is 1.63. The van der Waals surface area contributed by atoms with Gasteiger partial charge in [0.25, 0.3) is 0 Å². The van der Waals surface area contributed by atoms with Crippen molar-refractivity contribution in [1.29, 1.82) is 0 Å². The van der Waals surface area contributed by atoms with Crippen molar-refractivity contribution >= 4 is 17.7 Å². The Morgan fingerprint density at radius 1 is 1.21 bits per heavy atom. The highest BCUT2D eigenvalue weighted by molar-refractivity contribution is 7.99. The van der Waals surface area contributed by atoms with Crippen molar-refractivity contribution in [2.45, 2.75) is 24.7 Å². The van der Waals surface area contributed by atoms with Crippen LogP contribution in [0.4, 0.5) is 0 Å². The minimum atomic E-state index is -0.0571. The summed E-state index contributed by atoms with van der Waals surface area (Å²) in [5.74, 6) is 1.59. The molecule has 0 saturated carbocycles. The van der Waals surface area contributed by atoms with Gasteiger partial charge in [0.15, 0.2) is 11.0 Å². The molecule has 0 fully saturated rings. The maximum atomic E-state index is 12.4. The fourth-order valence-electron chi connectivity index (χ4n) is 2.96. The lowest BCUT2D eigenvalue weighted by atomic mass is 10.1. The van der Waals surface area contributed by atoms with Crippen LogP contribution in [0, 0.1) is 0 Å². The van der Waals surface area contributed by atoms with Gasteiger partial charge in [-0.25, -0.2) is 0 Å². The number of aromatic nitrogens is 3. The molecule has 1 aromatic heterocycles. The molecule has 3 rings (SSSR count). The molecule has 0 saturated heterocycles. The average Bonchev–Trinajstić information content (AvgIpc) is 3.15. The van der Waals surface area contributed by atoms with Gasteiger partial charge in [-0.05, 0) is 24.6 Å². The second-order valence-corrected chi connectivity index (χ2v) is 7.34. The first-order chi connectivity index (χ1) is 14.1. The van der Waals surface area contributed by atoms with E-state index in [1.165, 1.54) is 11.8 Å². The third-order valence-corrected chi connectivity index (χ3v) is 5.35. The maximum absolute atomic E-state index is 12.4. The van der Waals surface area contributed by atoms with Crippen molar-refractivity contribution in [1.82, 2.24) is 20.1 Å². The first-order valence-corrected chi connectivity index (χ1v) is 10.3. The van der Waals surface area contributed by atoms with E-state index >= 15 is 0 Å². The van der Waals surface area contributed by atoms with Gasteiger partial charge in [0.05, 0.1) is 24.5 Å². The molecule has 29 heavy (non-hydrogen) atoms. The predicted octanol–water partition coefficient (Wildman–Crippen LogP) is 4.11. The molecule has 0 unspecified atom stereocenters. The zero-order valence-electron chi connectivity index (χ0n) is 16.5. The summed E-state index contributed by atoms with van der Waals surface area (Å²) in [6.07, 6.45) is 1.78. The number of hydrogen-bond acceptors (Lipinski definition) is 5. The number of carbonyl (C=O) groups excluding carboxylic acids is 1. The molecule has 3 aromatic rings. The molecule has 0 radical (unpaired) electrons. The quantitative estimate of drug-likeness (QED) is 0.426. The number of nitrogens with one attached hydrogen (secondary N) is 1. The molecule has 0 aliphatic carbocycles. The number of nitrogens with zero attached hydrogens (tertiary/aromatic N) is 3. The first kappa shape index (κ1) is 20.7. The van der Waals surface area contributed by atoms with Crippen LogP contribution in [0.3, 0.4) is 0 Å². The number of benzene rings is 2. The number of allylic oxidation sites excluding steroid dienone is 1. The van der Waals surface area contributed by atoms with Gasteiger partial charge in [0.2, 0.25) is 5.91 Å². The highest BCUT2D eigenvalue weighted by Gasteiger charge is 2.18. The van der Waals surface area contributed by atoms with Crippen LogP contribution < -0.4 is 10.1 Å². The van der Waals surface area contributed by atoms with Crippen LogP contribution >= 0.6 is 11.8 Å². The van der Waals surface area contributed by atoms with E-state index in [1.54, 1.807) is 13.2 Å². The van der Waals surface area contributed by atoms with Gasteiger partial charge in [-0.15, -0.1) is 16.8 Å². The summed E-state index contributed by atoms with van der Waals surface area (Å²) in [6, 6.07) is 17.5. The van der Waals surface area contributed by atoms with Gasteiger partial charge in [-0.1, -0.05) is 60.3 Å². The number of methoxy groups -OCH3 is 1. The Bertz CT molecular complexity index is 972. The zero-order chi connectivity index (χ0) is 20.6. The van der Waals surface area contributed by atoms with Gasteiger partial charge >= 0.3 is 0 Å². The van der Waals surface area contributed by atoms with Crippen molar-refractivity contribution in [2.24, 2.45) is 0 Å². The number of thioether (sulfide) groups is 1. The second kappa shape index (κ2) is 9.93. The normalized spacial score (nSPS) is 11.7. The van der Waals surface area contributed by atoms with Crippen LogP contribution in [0.2, 0.25) is 0 Å². The monoisotopic (exact) mass is 408 g/mol. The maximum Gasteiger partial charge on any atom is 0.230 e. The molecule has 150 valence electrons. The van der Waals surface area contributed by atoms with Gasteiger partial charge < -0.3 is 10.1 Å². The van der Waals surface area contributed by atoms with E-state index in [-0.39, 0.29) is 17.7 Å². The van der Waals surface area contributed by atoms with Crippen molar-refractivity contribution < 1.29 is 9.53 Å². The minimum Gasteiger partial charge on any atom is -0.496 e. The van der Waals surface area contributed by atoms with E-state index in [9.17, 15) is 4.79 Å².